The highest BCUT2D eigenvalue weighted by molar-refractivity contribution is 4.66. The van der Waals surface area contributed by atoms with E-state index in [4.69, 9.17) is 0 Å². The lowest BCUT2D eigenvalue weighted by Gasteiger charge is -2.21. The molecule has 2 atom stereocenters. The summed E-state index contributed by atoms with van der Waals surface area (Å²) in [5.41, 5.74) is 0. The molecule has 0 fully saturated rings. The Balaban J connectivity index is 3.76. The minimum absolute atomic E-state index is 0.130. The highest BCUT2D eigenvalue weighted by Crippen LogP contribution is 2.24. The van der Waals surface area contributed by atoms with Crippen molar-refractivity contribution >= 4 is 0 Å². The number of alkyl halides is 1. The summed E-state index contributed by atoms with van der Waals surface area (Å²) >= 11 is 0. The minimum atomic E-state index is -0.130. The molecule has 0 heterocycles. The summed E-state index contributed by atoms with van der Waals surface area (Å²) in [5, 5.41) is 0. The normalized spacial score (nSPS) is 16.4. The zero-order valence-corrected chi connectivity index (χ0v) is 8.07. The van der Waals surface area contributed by atoms with Crippen molar-refractivity contribution in [1.29, 1.82) is 0 Å². The Morgan fingerprint density at radius 1 is 1.00 bits per heavy atom. The van der Waals surface area contributed by atoms with Gasteiger partial charge < -0.3 is 0 Å². The molecule has 0 N–H and O–H groups in total. The molecule has 0 amide bonds. The predicted molar refractivity (Wildman–Crippen MR) is 48.4 cm³/mol. The fourth-order valence-corrected chi connectivity index (χ4v) is 1.71. The number of halogens is 1. The van der Waals surface area contributed by atoms with Gasteiger partial charge in [0.05, 0.1) is 6.67 Å². The largest absolute Gasteiger partial charge is 0.251 e. The standard InChI is InChI=1S/C10H21F/c1-4-7-9(5-2)10(6-3)8-11/h9-10H,4-8H2,1-3H3. The van der Waals surface area contributed by atoms with Crippen LogP contribution < -0.4 is 0 Å². The van der Waals surface area contributed by atoms with Crippen LogP contribution in [-0.4, -0.2) is 6.67 Å². The molecule has 0 saturated heterocycles. The first-order valence-corrected chi connectivity index (χ1v) is 4.85. The van der Waals surface area contributed by atoms with Gasteiger partial charge in [-0.25, -0.2) is 0 Å². The summed E-state index contributed by atoms with van der Waals surface area (Å²) < 4.78 is 12.4. The molecule has 2 unspecified atom stereocenters. The average molecular weight is 160 g/mol. The quantitative estimate of drug-likeness (QED) is 0.554. The van der Waals surface area contributed by atoms with Gasteiger partial charge in [-0.1, -0.05) is 46.5 Å². The van der Waals surface area contributed by atoms with Crippen LogP contribution in [0.2, 0.25) is 0 Å². The Labute approximate surface area is 70.2 Å². The average Bonchev–Trinajstić information content (AvgIpc) is 2.05. The summed E-state index contributed by atoms with van der Waals surface area (Å²) in [7, 11) is 0. The second-order valence-electron chi connectivity index (χ2n) is 3.28. The van der Waals surface area contributed by atoms with Gasteiger partial charge in [-0.05, 0) is 11.8 Å². The van der Waals surface area contributed by atoms with E-state index < -0.39 is 0 Å². The van der Waals surface area contributed by atoms with E-state index in [1.54, 1.807) is 0 Å². The lowest BCUT2D eigenvalue weighted by Crippen LogP contribution is -2.15. The van der Waals surface area contributed by atoms with Crippen molar-refractivity contribution in [3.8, 4) is 0 Å². The summed E-state index contributed by atoms with van der Waals surface area (Å²) in [6, 6.07) is 0. The van der Waals surface area contributed by atoms with E-state index in [-0.39, 0.29) is 6.67 Å². The summed E-state index contributed by atoms with van der Waals surface area (Å²) in [5.74, 6) is 0.940. The van der Waals surface area contributed by atoms with Crippen LogP contribution in [0.15, 0.2) is 0 Å². The van der Waals surface area contributed by atoms with Gasteiger partial charge in [0.15, 0.2) is 0 Å². The molecule has 0 saturated carbocycles. The van der Waals surface area contributed by atoms with Crippen molar-refractivity contribution in [1.82, 2.24) is 0 Å². The molecule has 0 spiro atoms. The van der Waals surface area contributed by atoms with Crippen molar-refractivity contribution in [3.63, 3.8) is 0 Å². The van der Waals surface area contributed by atoms with Gasteiger partial charge in [0.2, 0.25) is 0 Å². The first-order valence-electron chi connectivity index (χ1n) is 4.85. The second-order valence-corrected chi connectivity index (χ2v) is 3.28. The molecule has 0 aromatic rings. The zero-order chi connectivity index (χ0) is 8.69. The number of hydrogen-bond donors (Lipinski definition) is 0. The topological polar surface area (TPSA) is 0 Å². The van der Waals surface area contributed by atoms with E-state index in [2.05, 4.69) is 20.8 Å². The molecule has 0 aromatic heterocycles. The third-order valence-corrected chi connectivity index (χ3v) is 2.57. The van der Waals surface area contributed by atoms with Crippen LogP contribution in [0.5, 0.6) is 0 Å². The number of rotatable bonds is 6. The van der Waals surface area contributed by atoms with Gasteiger partial charge in [0.25, 0.3) is 0 Å². The van der Waals surface area contributed by atoms with E-state index in [9.17, 15) is 4.39 Å². The van der Waals surface area contributed by atoms with Gasteiger partial charge in [0.1, 0.15) is 0 Å². The molecule has 1 heteroatoms. The molecule has 0 bridgehead atoms. The van der Waals surface area contributed by atoms with E-state index in [0.29, 0.717) is 11.8 Å². The molecule has 0 nitrogen and oxygen atoms in total. The Bertz CT molecular complexity index is 76.9. The van der Waals surface area contributed by atoms with E-state index in [0.717, 1.165) is 12.8 Å². The Morgan fingerprint density at radius 3 is 1.82 bits per heavy atom. The highest BCUT2D eigenvalue weighted by atomic mass is 19.1. The van der Waals surface area contributed by atoms with E-state index in [1.165, 1.54) is 12.8 Å². The maximum Gasteiger partial charge on any atom is 0.0925 e. The molecule has 0 aliphatic rings. The fourth-order valence-electron chi connectivity index (χ4n) is 1.71. The third-order valence-electron chi connectivity index (χ3n) is 2.57. The first-order chi connectivity index (χ1) is 5.29. The van der Waals surface area contributed by atoms with Crippen LogP contribution in [-0.2, 0) is 0 Å². The fraction of sp³-hybridized carbons (Fsp3) is 1.00. The smallest absolute Gasteiger partial charge is 0.0925 e. The van der Waals surface area contributed by atoms with E-state index in [1.807, 2.05) is 0 Å². The Kier molecular flexibility index (Phi) is 6.59. The number of hydrogen-bond acceptors (Lipinski definition) is 0. The third kappa shape index (κ3) is 3.74. The van der Waals surface area contributed by atoms with Crippen LogP contribution >= 0.6 is 0 Å². The Hall–Kier alpha value is -0.0700. The summed E-state index contributed by atoms with van der Waals surface area (Å²) in [6.07, 6.45) is 4.51. The Morgan fingerprint density at radius 2 is 1.55 bits per heavy atom. The lowest BCUT2D eigenvalue weighted by molar-refractivity contribution is 0.233. The molecule has 0 radical (unpaired) electrons. The zero-order valence-electron chi connectivity index (χ0n) is 8.07. The van der Waals surface area contributed by atoms with E-state index >= 15 is 0 Å². The van der Waals surface area contributed by atoms with Crippen molar-refractivity contribution < 1.29 is 4.39 Å². The molecule has 0 aliphatic carbocycles. The van der Waals surface area contributed by atoms with Gasteiger partial charge in [-0.3, -0.25) is 4.39 Å². The van der Waals surface area contributed by atoms with Gasteiger partial charge in [-0.15, -0.1) is 0 Å². The van der Waals surface area contributed by atoms with Gasteiger partial charge in [-0.2, -0.15) is 0 Å². The highest BCUT2D eigenvalue weighted by Gasteiger charge is 2.16. The van der Waals surface area contributed by atoms with Crippen molar-refractivity contribution in [2.45, 2.75) is 46.5 Å². The van der Waals surface area contributed by atoms with Crippen LogP contribution in [0, 0.1) is 11.8 Å². The summed E-state index contributed by atoms with van der Waals surface area (Å²) in [6.45, 7) is 6.30. The predicted octanol–water partition coefficient (Wildman–Crippen LogP) is 3.81. The van der Waals surface area contributed by atoms with Crippen LogP contribution in [0.1, 0.15) is 46.5 Å². The molecule has 11 heavy (non-hydrogen) atoms. The lowest BCUT2D eigenvalue weighted by atomic mass is 9.86. The van der Waals surface area contributed by atoms with Crippen molar-refractivity contribution in [2.24, 2.45) is 11.8 Å². The van der Waals surface area contributed by atoms with Crippen LogP contribution in [0.3, 0.4) is 0 Å². The maximum atomic E-state index is 12.4. The summed E-state index contributed by atoms with van der Waals surface area (Å²) in [4.78, 5) is 0. The first kappa shape index (κ1) is 10.9. The monoisotopic (exact) mass is 160 g/mol. The van der Waals surface area contributed by atoms with Gasteiger partial charge in [0, 0.05) is 0 Å². The SMILES string of the molecule is CCCC(CC)C(CC)CF. The second kappa shape index (κ2) is 6.63. The van der Waals surface area contributed by atoms with Crippen LogP contribution in [0.4, 0.5) is 4.39 Å². The molecular weight excluding hydrogens is 139 g/mol. The van der Waals surface area contributed by atoms with Crippen molar-refractivity contribution in [2.75, 3.05) is 6.67 Å². The maximum absolute atomic E-state index is 12.4. The van der Waals surface area contributed by atoms with Crippen LogP contribution in [0.25, 0.3) is 0 Å². The molecular formula is C10H21F. The molecule has 0 aromatic carbocycles. The molecule has 0 rings (SSSR count). The molecule has 68 valence electrons. The van der Waals surface area contributed by atoms with Gasteiger partial charge >= 0.3 is 0 Å². The van der Waals surface area contributed by atoms with Crippen molar-refractivity contribution in [3.05, 3.63) is 0 Å². The molecule has 0 aliphatic heterocycles. The minimum Gasteiger partial charge on any atom is -0.251 e.